The SMILES string of the molecule is CCOc1ccccc1/C=C\C(=O)N1CCCN(C(N)=O)CC1. The molecule has 1 aromatic rings. The molecular formula is C17H23N3O3. The largest absolute Gasteiger partial charge is 0.493 e. The molecule has 2 N–H and O–H groups in total. The molecule has 124 valence electrons. The summed E-state index contributed by atoms with van der Waals surface area (Å²) in [6.07, 6.45) is 4.06. The molecule has 0 aliphatic carbocycles. The van der Waals surface area contributed by atoms with Crippen LogP contribution in [0.15, 0.2) is 30.3 Å². The molecule has 1 aromatic carbocycles. The Bertz CT molecular complexity index is 586. The molecule has 0 aromatic heterocycles. The molecular weight excluding hydrogens is 294 g/mol. The predicted molar refractivity (Wildman–Crippen MR) is 89.0 cm³/mol. The van der Waals surface area contributed by atoms with E-state index in [2.05, 4.69) is 0 Å². The van der Waals surface area contributed by atoms with Crippen LogP contribution in [0.4, 0.5) is 4.79 Å². The summed E-state index contributed by atoms with van der Waals surface area (Å²) >= 11 is 0. The Balaban J connectivity index is 2.00. The van der Waals surface area contributed by atoms with Crippen LogP contribution in [-0.4, -0.2) is 54.5 Å². The van der Waals surface area contributed by atoms with Gasteiger partial charge in [0.1, 0.15) is 5.75 Å². The van der Waals surface area contributed by atoms with Gasteiger partial charge in [0.25, 0.3) is 0 Å². The number of para-hydroxylation sites is 1. The third-order valence-electron chi connectivity index (χ3n) is 3.74. The Morgan fingerprint density at radius 3 is 2.61 bits per heavy atom. The Hall–Kier alpha value is -2.50. The van der Waals surface area contributed by atoms with Crippen LogP contribution < -0.4 is 10.5 Å². The molecule has 0 radical (unpaired) electrons. The van der Waals surface area contributed by atoms with Gasteiger partial charge in [-0.1, -0.05) is 18.2 Å². The summed E-state index contributed by atoms with van der Waals surface area (Å²) in [6.45, 7) is 4.70. The summed E-state index contributed by atoms with van der Waals surface area (Å²) < 4.78 is 5.54. The Labute approximate surface area is 136 Å². The van der Waals surface area contributed by atoms with Crippen LogP contribution in [0.1, 0.15) is 18.9 Å². The predicted octanol–water partition coefficient (Wildman–Crippen LogP) is 1.71. The second kappa shape index (κ2) is 8.22. The molecule has 0 unspecified atom stereocenters. The normalized spacial score (nSPS) is 15.5. The molecule has 0 bridgehead atoms. The maximum Gasteiger partial charge on any atom is 0.314 e. The van der Waals surface area contributed by atoms with E-state index < -0.39 is 6.03 Å². The van der Waals surface area contributed by atoms with Crippen molar-refractivity contribution >= 4 is 18.0 Å². The van der Waals surface area contributed by atoms with Crippen molar-refractivity contribution in [3.05, 3.63) is 35.9 Å². The Morgan fingerprint density at radius 2 is 1.87 bits per heavy atom. The second-order valence-electron chi connectivity index (χ2n) is 5.31. The number of benzene rings is 1. The summed E-state index contributed by atoms with van der Waals surface area (Å²) in [5.41, 5.74) is 6.17. The van der Waals surface area contributed by atoms with Gasteiger partial charge in [0.2, 0.25) is 5.91 Å². The van der Waals surface area contributed by atoms with E-state index in [4.69, 9.17) is 10.5 Å². The number of hydrogen-bond donors (Lipinski definition) is 1. The minimum Gasteiger partial charge on any atom is -0.493 e. The van der Waals surface area contributed by atoms with E-state index in [1.807, 2.05) is 31.2 Å². The molecule has 1 saturated heterocycles. The summed E-state index contributed by atoms with van der Waals surface area (Å²) in [4.78, 5) is 26.9. The van der Waals surface area contributed by atoms with E-state index in [0.29, 0.717) is 32.8 Å². The Morgan fingerprint density at radius 1 is 1.17 bits per heavy atom. The average Bonchev–Trinajstić information content (AvgIpc) is 2.80. The van der Waals surface area contributed by atoms with Crippen molar-refractivity contribution in [1.29, 1.82) is 0 Å². The molecule has 1 aliphatic heterocycles. The lowest BCUT2D eigenvalue weighted by Crippen LogP contribution is -2.39. The van der Waals surface area contributed by atoms with Crippen LogP contribution in [0.3, 0.4) is 0 Å². The van der Waals surface area contributed by atoms with Crippen molar-refractivity contribution in [3.8, 4) is 5.75 Å². The fourth-order valence-corrected chi connectivity index (χ4v) is 2.53. The number of nitrogens with two attached hydrogens (primary N) is 1. The van der Waals surface area contributed by atoms with E-state index in [0.717, 1.165) is 17.7 Å². The van der Waals surface area contributed by atoms with Gasteiger partial charge >= 0.3 is 6.03 Å². The summed E-state index contributed by atoms with van der Waals surface area (Å²) in [5.74, 6) is 0.692. The van der Waals surface area contributed by atoms with Crippen LogP contribution in [0.5, 0.6) is 5.75 Å². The highest BCUT2D eigenvalue weighted by Gasteiger charge is 2.19. The zero-order valence-corrected chi connectivity index (χ0v) is 13.4. The zero-order valence-electron chi connectivity index (χ0n) is 13.4. The minimum absolute atomic E-state index is 0.0670. The highest BCUT2D eigenvalue weighted by atomic mass is 16.5. The second-order valence-corrected chi connectivity index (χ2v) is 5.31. The van der Waals surface area contributed by atoms with Gasteiger partial charge in [-0.2, -0.15) is 0 Å². The monoisotopic (exact) mass is 317 g/mol. The van der Waals surface area contributed by atoms with Crippen molar-refractivity contribution in [2.45, 2.75) is 13.3 Å². The molecule has 1 heterocycles. The first-order valence-corrected chi connectivity index (χ1v) is 7.85. The zero-order chi connectivity index (χ0) is 16.7. The third kappa shape index (κ3) is 4.74. The maximum absolute atomic E-state index is 12.3. The molecule has 0 spiro atoms. The lowest BCUT2D eigenvalue weighted by molar-refractivity contribution is -0.125. The quantitative estimate of drug-likeness (QED) is 0.859. The van der Waals surface area contributed by atoms with Crippen molar-refractivity contribution < 1.29 is 14.3 Å². The lowest BCUT2D eigenvalue weighted by Gasteiger charge is -2.19. The molecule has 6 nitrogen and oxygen atoms in total. The maximum atomic E-state index is 12.3. The lowest BCUT2D eigenvalue weighted by atomic mass is 10.2. The van der Waals surface area contributed by atoms with Gasteiger partial charge in [-0.05, 0) is 25.5 Å². The van der Waals surface area contributed by atoms with Crippen LogP contribution in [-0.2, 0) is 4.79 Å². The van der Waals surface area contributed by atoms with E-state index >= 15 is 0 Å². The Kier molecular flexibility index (Phi) is 6.02. The van der Waals surface area contributed by atoms with Crippen LogP contribution >= 0.6 is 0 Å². The first kappa shape index (κ1) is 16.9. The van der Waals surface area contributed by atoms with Gasteiger partial charge in [0.15, 0.2) is 0 Å². The van der Waals surface area contributed by atoms with Crippen LogP contribution in [0.2, 0.25) is 0 Å². The van der Waals surface area contributed by atoms with E-state index in [-0.39, 0.29) is 5.91 Å². The number of ether oxygens (including phenoxy) is 1. The van der Waals surface area contributed by atoms with E-state index in [1.165, 1.54) is 0 Å². The first-order valence-electron chi connectivity index (χ1n) is 7.85. The number of rotatable bonds is 4. The number of amides is 3. The minimum atomic E-state index is -0.430. The van der Waals surface area contributed by atoms with Gasteiger partial charge in [-0.3, -0.25) is 4.79 Å². The standard InChI is InChI=1S/C17H23N3O3/c1-2-23-15-7-4-3-6-14(15)8-9-16(21)19-10-5-11-20(13-12-19)17(18)22/h3-4,6-9H,2,5,10-13H2,1H3,(H2,18,22)/b9-8-. The number of hydrogen-bond acceptors (Lipinski definition) is 3. The fourth-order valence-electron chi connectivity index (χ4n) is 2.53. The van der Waals surface area contributed by atoms with Crippen molar-refractivity contribution in [1.82, 2.24) is 9.80 Å². The van der Waals surface area contributed by atoms with Gasteiger partial charge < -0.3 is 20.3 Å². The third-order valence-corrected chi connectivity index (χ3v) is 3.74. The van der Waals surface area contributed by atoms with E-state index in [1.54, 1.807) is 22.0 Å². The summed E-state index contributed by atoms with van der Waals surface area (Å²) in [6, 6.07) is 7.16. The molecule has 0 atom stereocenters. The molecule has 0 saturated carbocycles. The highest BCUT2D eigenvalue weighted by Crippen LogP contribution is 2.19. The molecule has 23 heavy (non-hydrogen) atoms. The smallest absolute Gasteiger partial charge is 0.314 e. The van der Waals surface area contributed by atoms with Gasteiger partial charge in [0, 0.05) is 37.8 Å². The summed E-state index contributed by atoms with van der Waals surface area (Å²) in [7, 11) is 0. The molecule has 3 amide bonds. The number of carbonyl (C=O) groups is 2. The number of carbonyl (C=O) groups excluding carboxylic acids is 2. The fraction of sp³-hybridized carbons (Fsp3) is 0.412. The van der Waals surface area contributed by atoms with Crippen LogP contribution in [0.25, 0.3) is 6.08 Å². The van der Waals surface area contributed by atoms with Crippen molar-refractivity contribution in [3.63, 3.8) is 0 Å². The van der Waals surface area contributed by atoms with E-state index in [9.17, 15) is 9.59 Å². The molecule has 1 aliphatic rings. The van der Waals surface area contributed by atoms with Gasteiger partial charge in [-0.15, -0.1) is 0 Å². The number of primary amides is 1. The van der Waals surface area contributed by atoms with Crippen LogP contribution in [0, 0.1) is 0 Å². The van der Waals surface area contributed by atoms with Gasteiger partial charge in [-0.25, -0.2) is 4.79 Å². The van der Waals surface area contributed by atoms with Crippen molar-refractivity contribution in [2.24, 2.45) is 5.73 Å². The number of nitrogens with zero attached hydrogens (tertiary/aromatic N) is 2. The van der Waals surface area contributed by atoms with Crippen molar-refractivity contribution in [2.75, 3.05) is 32.8 Å². The molecule has 2 rings (SSSR count). The van der Waals surface area contributed by atoms with Gasteiger partial charge in [0.05, 0.1) is 6.61 Å². The highest BCUT2D eigenvalue weighted by molar-refractivity contribution is 5.92. The number of urea groups is 1. The summed E-state index contributed by atoms with van der Waals surface area (Å²) in [5, 5.41) is 0. The molecule has 6 heteroatoms. The first-order chi connectivity index (χ1) is 11.1. The molecule has 1 fully saturated rings. The topological polar surface area (TPSA) is 75.9 Å². The average molecular weight is 317 g/mol.